The number of aliphatic hydroxyl groups excluding tert-OH is 1. The summed E-state index contributed by atoms with van der Waals surface area (Å²) in [5, 5.41) is 8.75. The lowest BCUT2D eigenvalue weighted by Crippen LogP contribution is -2.05. The van der Waals surface area contributed by atoms with Gasteiger partial charge in [-0.05, 0) is 48.8 Å². The number of ether oxygens (including phenoxy) is 1. The molecule has 1 atom stereocenters. The Morgan fingerprint density at radius 3 is 2.50 bits per heavy atom. The predicted octanol–water partition coefficient (Wildman–Crippen LogP) is 3.59. The van der Waals surface area contributed by atoms with Crippen LogP contribution in [0.2, 0.25) is 0 Å². The number of rotatable bonds is 7. The molecule has 0 amide bonds. The molecular weight excluding hydrogens is 224 g/mol. The number of aliphatic hydroxyl groups is 1. The normalized spacial score (nSPS) is 12.8. The average Bonchev–Trinajstić information content (AvgIpc) is 2.26. The van der Waals surface area contributed by atoms with Gasteiger partial charge in [-0.15, -0.1) is 0 Å². The van der Waals surface area contributed by atoms with Crippen molar-refractivity contribution >= 4 is 0 Å². The fourth-order valence-corrected chi connectivity index (χ4v) is 2.45. The maximum Gasteiger partial charge on any atom is 0.122 e. The molecule has 0 aliphatic rings. The van der Waals surface area contributed by atoms with E-state index in [1.165, 1.54) is 12.0 Å². The molecule has 0 radical (unpaired) electrons. The Morgan fingerprint density at radius 1 is 1.22 bits per heavy atom. The van der Waals surface area contributed by atoms with Crippen LogP contribution in [0, 0.1) is 18.8 Å². The summed E-state index contributed by atoms with van der Waals surface area (Å²) in [6.45, 7) is 9.34. The molecule has 0 saturated heterocycles. The molecule has 0 fully saturated rings. The van der Waals surface area contributed by atoms with E-state index in [1.54, 1.807) is 0 Å². The quantitative estimate of drug-likeness (QED) is 0.801. The summed E-state index contributed by atoms with van der Waals surface area (Å²) in [4.78, 5) is 0. The van der Waals surface area contributed by atoms with Gasteiger partial charge in [0.1, 0.15) is 12.4 Å². The van der Waals surface area contributed by atoms with Crippen molar-refractivity contribution in [3.8, 4) is 5.75 Å². The third kappa shape index (κ3) is 5.09. The topological polar surface area (TPSA) is 29.5 Å². The van der Waals surface area contributed by atoms with E-state index < -0.39 is 0 Å². The first-order chi connectivity index (χ1) is 8.52. The van der Waals surface area contributed by atoms with Gasteiger partial charge in [0.2, 0.25) is 0 Å². The van der Waals surface area contributed by atoms with E-state index in [9.17, 15) is 0 Å². The van der Waals surface area contributed by atoms with Gasteiger partial charge in [-0.2, -0.15) is 0 Å². The Labute approximate surface area is 111 Å². The Balaban J connectivity index is 2.60. The molecule has 2 nitrogen and oxygen atoms in total. The minimum Gasteiger partial charge on any atom is -0.491 e. The van der Waals surface area contributed by atoms with E-state index in [4.69, 9.17) is 9.84 Å². The molecule has 0 saturated carbocycles. The lowest BCUT2D eigenvalue weighted by atomic mass is 9.92. The second-order valence-corrected chi connectivity index (χ2v) is 5.61. The molecule has 0 aliphatic carbocycles. The van der Waals surface area contributed by atoms with E-state index in [0.29, 0.717) is 12.5 Å². The summed E-state index contributed by atoms with van der Waals surface area (Å²) >= 11 is 0. The molecule has 0 spiro atoms. The van der Waals surface area contributed by atoms with E-state index >= 15 is 0 Å². The van der Waals surface area contributed by atoms with Gasteiger partial charge in [-0.1, -0.05) is 32.9 Å². The SMILES string of the molecule is Cc1cc(CC(C)CC(C)C)ccc1OCCO. The van der Waals surface area contributed by atoms with Crippen molar-refractivity contribution in [3.63, 3.8) is 0 Å². The Bertz CT molecular complexity index is 358. The second-order valence-electron chi connectivity index (χ2n) is 5.61. The molecule has 1 N–H and O–H groups in total. The molecule has 18 heavy (non-hydrogen) atoms. The third-order valence-electron chi connectivity index (χ3n) is 3.05. The van der Waals surface area contributed by atoms with Crippen LogP contribution in [0.25, 0.3) is 0 Å². The van der Waals surface area contributed by atoms with Crippen molar-refractivity contribution in [1.29, 1.82) is 0 Å². The second kappa shape index (κ2) is 7.42. The smallest absolute Gasteiger partial charge is 0.122 e. The predicted molar refractivity (Wildman–Crippen MR) is 76.1 cm³/mol. The zero-order valence-corrected chi connectivity index (χ0v) is 12.1. The number of hydrogen-bond donors (Lipinski definition) is 1. The highest BCUT2D eigenvalue weighted by Gasteiger charge is 2.08. The molecular formula is C16H26O2. The highest BCUT2D eigenvalue weighted by Crippen LogP contribution is 2.22. The van der Waals surface area contributed by atoms with Crippen LogP contribution in [0.15, 0.2) is 18.2 Å². The van der Waals surface area contributed by atoms with E-state index in [1.807, 2.05) is 6.07 Å². The highest BCUT2D eigenvalue weighted by atomic mass is 16.5. The van der Waals surface area contributed by atoms with Gasteiger partial charge in [0.15, 0.2) is 0 Å². The molecule has 102 valence electrons. The molecule has 1 aromatic rings. The van der Waals surface area contributed by atoms with Gasteiger partial charge in [0.05, 0.1) is 6.61 Å². The minimum absolute atomic E-state index is 0.0621. The summed E-state index contributed by atoms with van der Waals surface area (Å²) in [6.07, 6.45) is 2.39. The van der Waals surface area contributed by atoms with Crippen molar-refractivity contribution in [2.75, 3.05) is 13.2 Å². The molecule has 0 aliphatic heterocycles. The maximum absolute atomic E-state index is 8.75. The summed E-state index contributed by atoms with van der Waals surface area (Å²) in [5.74, 6) is 2.35. The lowest BCUT2D eigenvalue weighted by molar-refractivity contribution is 0.200. The first-order valence-electron chi connectivity index (χ1n) is 6.86. The number of hydrogen-bond acceptors (Lipinski definition) is 2. The standard InChI is InChI=1S/C16H26O2/c1-12(2)9-13(3)10-15-5-6-16(14(4)11-15)18-8-7-17/h5-6,11-13,17H,7-10H2,1-4H3. The third-order valence-corrected chi connectivity index (χ3v) is 3.05. The average molecular weight is 250 g/mol. The van der Waals surface area contributed by atoms with E-state index in [-0.39, 0.29) is 6.61 Å². The Kier molecular flexibility index (Phi) is 6.20. The van der Waals surface area contributed by atoms with Crippen LogP contribution in [0.5, 0.6) is 5.75 Å². The van der Waals surface area contributed by atoms with Crippen molar-refractivity contribution in [2.24, 2.45) is 11.8 Å². The largest absolute Gasteiger partial charge is 0.491 e. The van der Waals surface area contributed by atoms with Crippen LogP contribution in [-0.4, -0.2) is 18.3 Å². The van der Waals surface area contributed by atoms with Gasteiger partial charge < -0.3 is 9.84 Å². The molecule has 1 aromatic carbocycles. The molecule has 0 heterocycles. The van der Waals surface area contributed by atoms with Gasteiger partial charge in [0, 0.05) is 0 Å². The maximum atomic E-state index is 8.75. The minimum atomic E-state index is 0.0621. The van der Waals surface area contributed by atoms with Crippen molar-refractivity contribution in [3.05, 3.63) is 29.3 Å². The summed E-state index contributed by atoms with van der Waals surface area (Å²) in [6, 6.07) is 6.35. The zero-order valence-electron chi connectivity index (χ0n) is 12.1. The number of aryl methyl sites for hydroxylation is 1. The molecule has 1 unspecified atom stereocenters. The highest BCUT2D eigenvalue weighted by molar-refractivity contribution is 5.36. The van der Waals surface area contributed by atoms with Crippen molar-refractivity contribution in [2.45, 2.75) is 40.5 Å². The van der Waals surface area contributed by atoms with Gasteiger partial charge >= 0.3 is 0 Å². The van der Waals surface area contributed by atoms with Crippen molar-refractivity contribution in [1.82, 2.24) is 0 Å². The summed E-state index contributed by atoms with van der Waals surface area (Å²) < 4.78 is 5.46. The van der Waals surface area contributed by atoms with Crippen LogP contribution in [-0.2, 0) is 6.42 Å². The van der Waals surface area contributed by atoms with Crippen LogP contribution < -0.4 is 4.74 Å². The van der Waals surface area contributed by atoms with Gasteiger partial charge in [-0.3, -0.25) is 0 Å². The van der Waals surface area contributed by atoms with Crippen molar-refractivity contribution < 1.29 is 9.84 Å². The van der Waals surface area contributed by atoms with Crippen LogP contribution in [0.3, 0.4) is 0 Å². The first kappa shape index (κ1) is 15.0. The van der Waals surface area contributed by atoms with Gasteiger partial charge in [-0.25, -0.2) is 0 Å². The molecule has 0 bridgehead atoms. The van der Waals surface area contributed by atoms with Gasteiger partial charge in [0.25, 0.3) is 0 Å². The van der Waals surface area contributed by atoms with Crippen LogP contribution in [0.1, 0.15) is 38.3 Å². The molecule has 0 aromatic heterocycles. The van der Waals surface area contributed by atoms with E-state index in [2.05, 4.69) is 39.8 Å². The Hall–Kier alpha value is -1.02. The fraction of sp³-hybridized carbons (Fsp3) is 0.625. The zero-order chi connectivity index (χ0) is 13.5. The number of benzene rings is 1. The van der Waals surface area contributed by atoms with E-state index in [0.717, 1.165) is 23.7 Å². The van der Waals surface area contributed by atoms with Crippen LogP contribution >= 0.6 is 0 Å². The fourth-order valence-electron chi connectivity index (χ4n) is 2.45. The molecule has 1 rings (SSSR count). The molecule has 2 heteroatoms. The first-order valence-corrected chi connectivity index (χ1v) is 6.86. The summed E-state index contributed by atoms with van der Waals surface area (Å²) in [7, 11) is 0. The monoisotopic (exact) mass is 250 g/mol. The lowest BCUT2D eigenvalue weighted by Gasteiger charge is -2.15. The van der Waals surface area contributed by atoms with Crippen LogP contribution in [0.4, 0.5) is 0 Å². The summed E-state index contributed by atoms with van der Waals surface area (Å²) in [5.41, 5.74) is 2.52. The Morgan fingerprint density at radius 2 is 1.94 bits per heavy atom.